The highest BCUT2D eigenvalue weighted by Gasteiger charge is 1.93. The van der Waals surface area contributed by atoms with E-state index in [1.54, 1.807) is 7.11 Å². The summed E-state index contributed by atoms with van der Waals surface area (Å²) in [7, 11) is 1.55. The summed E-state index contributed by atoms with van der Waals surface area (Å²) in [6.45, 7) is 0.478. The summed E-state index contributed by atoms with van der Waals surface area (Å²) in [5.41, 5.74) is 0. The van der Waals surface area contributed by atoms with Crippen LogP contribution in [-0.4, -0.2) is 37.9 Å². The molecule has 0 atom stereocenters. The molecule has 0 rings (SSSR count). The SMILES string of the molecule is COCCNC(=O)CO. The van der Waals surface area contributed by atoms with Gasteiger partial charge in [0.2, 0.25) is 5.91 Å². The minimum absolute atomic E-state index is 0.368. The molecule has 0 spiro atoms. The number of ether oxygens (including phenoxy) is 1. The lowest BCUT2D eigenvalue weighted by molar-refractivity contribution is -0.123. The quantitative estimate of drug-likeness (QED) is 0.471. The Labute approximate surface area is 53.8 Å². The van der Waals surface area contributed by atoms with Crippen LogP contribution in [0.4, 0.5) is 0 Å². The molecular weight excluding hydrogens is 122 g/mol. The topological polar surface area (TPSA) is 58.6 Å². The van der Waals surface area contributed by atoms with Gasteiger partial charge in [-0.15, -0.1) is 0 Å². The number of carbonyl (C=O) groups excluding carboxylic acids is 1. The maximum atomic E-state index is 10.3. The van der Waals surface area contributed by atoms with Gasteiger partial charge in [-0.3, -0.25) is 4.79 Å². The lowest BCUT2D eigenvalue weighted by Crippen LogP contribution is -2.29. The zero-order valence-electron chi connectivity index (χ0n) is 5.39. The molecule has 0 aliphatic rings. The van der Waals surface area contributed by atoms with Crippen molar-refractivity contribution < 1.29 is 14.6 Å². The van der Waals surface area contributed by atoms with E-state index in [1.165, 1.54) is 0 Å². The molecule has 0 fully saturated rings. The fraction of sp³-hybridized carbons (Fsp3) is 0.800. The third-order valence-electron chi connectivity index (χ3n) is 0.772. The van der Waals surface area contributed by atoms with E-state index >= 15 is 0 Å². The van der Waals surface area contributed by atoms with Crippen molar-refractivity contribution in [1.82, 2.24) is 5.32 Å². The van der Waals surface area contributed by atoms with E-state index in [-0.39, 0.29) is 5.91 Å². The van der Waals surface area contributed by atoms with E-state index in [0.29, 0.717) is 13.2 Å². The number of rotatable bonds is 4. The summed E-state index contributed by atoms with van der Waals surface area (Å²) in [6.07, 6.45) is 0. The second-order valence-corrected chi connectivity index (χ2v) is 1.50. The van der Waals surface area contributed by atoms with Crippen LogP contribution in [-0.2, 0) is 9.53 Å². The van der Waals surface area contributed by atoms with E-state index in [2.05, 4.69) is 10.1 Å². The van der Waals surface area contributed by atoms with Gasteiger partial charge in [0.1, 0.15) is 6.61 Å². The highest BCUT2D eigenvalue weighted by Crippen LogP contribution is 1.64. The molecule has 0 aromatic carbocycles. The number of aliphatic hydroxyl groups excluding tert-OH is 1. The van der Waals surface area contributed by atoms with Gasteiger partial charge in [-0.05, 0) is 0 Å². The highest BCUT2D eigenvalue weighted by atomic mass is 16.5. The Balaban J connectivity index is 2.97. The average molecular weight is 133 g/mol. The molecule has 9 heavy (non-hydrogen) atoms. The van der Waals surface area contributed by atoms with Crippen LogP contribution < -0.4 is 5.32 Å². The molecule has 0 bridgehead atoms. The van der Waals surface area contributed by atoms with Crippen LogP contribution in [0.25, 0.3) is 0 Å². The standard InChI is InChI=1S/C5H11NO3/c1-9-3-2-6-5(8)4-7/h7H,2-4H2,1H3,(H,6,8). The van der Waals surface area contributed by atoms with E-state index in [1.807, 2.05) is 0 Å². The van der Waals surface area contributed by atoms with Gasteiger partial charge in [0.25, 0.3) is 0 Å². The van der Waals surface area contributed by atoms with Gasteiger partial charge >= 0.3 is 0 Å². The maximum Gasteiger partial charge on any atom is 0.245 e. The van der Waals surface area contributed by atoms with Gasteiger partial charge < -0.3 is 15.2 Å². The fourth-order valence-corrected chi connectivity index (χ4v) is 0.348. The van der Waals surface area contributed by atoms with E-state index < -0.39 is 6.61 Å². The number of hydrogen-bond donors (Lipinski definition) is 2. The molecule has 0 saturated carbocycles. The first-order valence-electron chi connectivity index (χ1n) is 2.67. The lowest BCUT2D eigenvalue weighted by atomic mass is 10.6. The predicted molar refractivity (Wildman–Crippen MR) is 32.0 cm³/mol. The number of nitrogens with one attached hydrogen (secondary N) is 1. The molecule has 0 aliphatic carbocycles. The molecular formula is C5H11NO3. The second-order valence-electron chi connectivity index (χ2n) is 1.50. The van der Waals surface area contributed by atoms with Crippen LogP contribution in [0.15, 0.2) is 0 Å². The third kappa shape index (κ3) is 5.26. The largest absolute Gasteiger partial charge is 0.387 e. The summed E-state index contributed by atoms with van der Waals surface area (Å²) < 4.78 is 4.64. The lowest BCUT2D eigenvalue weighted by Gasteiger charge is -1.99. The molecule has 54 valence electrons. The highest BCUT2D eigenvalue weighted by molar-refractivity contribution is 5.76. The van der Waals surface area contributed by atoms with Gasteiger partial charge in [0, 0.05) is 13.7 Å². The van der Waals surface area contributed by atoms with Crippen LogP contribution in [0.1, 0.15) is 0 Å². The van der Waals surface area contributed by atoms with Crippen molar-refractivity contribution in [2.45, 2.75) is 0 Å². The van der Waals surface area contributed by atoms with Gasteiger partial charge in [-0.25, -0.2) is 0 Å². The van der Waals surface area contributed by atoms with E-state index in [4.69, 9.17) is 5.11 Å². The summed E-state index contributed by atoms with van der Waals surface area (Å²) in [5.74, 6) is -0.368. The molecule has 4 heteroatoms. The van der Waals surface area contributed by atoms with Crippen LogP contribution in [0.5, 0.6) is 0 Å². The van der Waals surface area contributed by atoms with Crippen LogP contribution in [0.2, 0.25) is 0 Å². The Morgan fingerprint density at radius 1 is 1.78 bits per heavy atom. The van der Waals surface area contributed by atoms with Crippen LogP contribution in [0.3, 0.4) is 0 Å². The van der Waals surface area contributed by atoms with Gasteiger partial charge in [0.15, 0.2) is 0 Å². The molecule has 2 N–H and O–H groups in total. The van der Waals surface area contributed by atoms with E-state index in [9.17, 15) is 4.79 Å². The molecule has 0 saturated heterocycles. The Bertz CT molecular complexity index is 84.3. The van der Waals surface area contributed by atoms with Crippen LogP contribution in [0, 0.1) is 0 Å². The number of amides is 1. The van der Waals surface area contributed by atoms with Crippen molar-refractivity contribution in [2.24, 2.45) is 0 Å². The fourth-order valence-electron chi connectivity index (χ4n) is 0.348. The zero-order chi connectivity index (χ0) is 7.11. The second kappa shape index (κ2) is 5.53. The van der Waals surface area contributed by atoms with Gasteiger partial charge in [-0.1, -0.05) is 0 Å². The number of hydrogen-bond acceptors (Lipinski definition) is 3. The number of aliphatic hydroxyl groups is 1. The van der Waals surface area contributed by atoms with Gasteiger partial charge in [-0.2, -0.15) is 0 Å². The summed E-state index contributed by atoms with van der Waals surface area (Å²) in [4.78, 5) is 10.3. The van der Waals surface area contributed by atoms with E-state index in [0.717, 1.165) is 0 Å². The number of methoxy groups -OCH3 is 1. The molecule has 0 unspecified atom stereocenters. The molecule has 1 amide bonds. The van der Waals surface area contributed by atoms with Crippen molar-refractivity contribution in [2.75, 3.05) is 26.9 Å². The van der Waals surface area contributed by atoms with Crippen molar-refractivity contribution in [3.8, 4) is 0 Å². The first-order valence-corrected chi connectivity index (χ1v) is 2.67. The molecule has 0 aromatic rings. The summed E-state index contributed by atoms with van der Waals surface area (Å²) in [5, 5.41) is 10.6. The smallest absolute Gasteiger partial charge is 0.245 e. The average Bonchev–Trinajstić information content (AvgIpc) is 1.89. The third-order valence-corrected chi connectivity index (χ3v) is 0.772. The molecule has 4 nitrogen and oxygen atoms in total. The maximum absolute atomic E-state index is 10.3. The minimum atomic E-state index is -0.455. The Hall–Kier alpha value is -0.610. The first-order chi connectivity index (χ1) is 4.31. The Morgan fingerprint density at radius 3 is 2.89 bits per heavy atom. The van der Waals surface area contributed by atoms with Crippen molar-refractivity contribution >= 4 is 5.91 Å². The molecule has 0 aromatic heterocycles. The number of carbonyl (C=O) groups is 1. The summed E-state index contributed by atoms with van der Waals surface area (Å²) in [6, 6.07) is 0. The molecule has 0 radical (unpaired) electrons. The van der Waals surface area contributed by atoms with Crippen molar-refractivity contribution in [3.63, 3.8) is 0 Å². The van der Waals surface area contributed by atoms with Crippen molar-refractivity contribution in [3.05, 3.63) is 0 Å². The van der Waals surface area contributed by atoms with Crippen LogP contribution >= 0.6 is 0 Å². The monoisotopic (exact) mass is 133 g/mol. The summed E-state index contributed by atoms with van der Waals surface area (Å²) >= 11 is 0. The zero-order valence-corrected chi connectivity index (χ0v) is 5.39. The van der Waals surface area contributed by atoms with Crippen molar-refractivity contribution in [1.29, 1.82) is 0 Å². The minimum Gasteiger partial charge on any atom is -0.387 e. The normalized spacial score (nSPS) is 9.11. The molecule has 0 heterocycles. The molecule has 0 aliphatic heterocycles. The Morgan fingerprint density at radius 2 is 2.44 bits per heavy atom. The Kier molecular flexibility index (Phi) is 5.15. The van der Waals surface area contributed by atoms with Gasteiger partial charge in [0.05, 0.1) is 6.61 Å². The predicted octanol–water partition coefficient (Wildman–Crippen LogP) is -1.26. The first kappa shape index (κ1) is 8.39.